The van der Waals surface area contributed by atoms with Crippen molar-refractivity contribution in [1.82, 2.24) is 9.97 Å². The summed E-state index contributed by atoms with van der Waals surface area (Å²) in [4.78, 5) is 9.85. The summed E-state index contributed by atoms with van der Waals surface area (Å²) in [7, 11) is 0. The average molecular weight is 523 g/mol. The predicted molar refractivity (Wildman–Crippen MR) is 164 cm³/mol. The van der Waals surface area contributed by atoms with Gasteiger partial charge in [0.25, 0.3) is 0 Å². The third-order valence-corrected chi connectivity index (χ3v) is 11.1. The fourth-order valence-electron chi connectivity index (χ4n) is 8.41. The van der Waals surface area contributed by atoms with Crippen LogP contribution in [0.4, 0.5) is 0 Å². The maximum Gasteiger partial charge on any atom is 0.131 e. The second-order valence-electron chi connectivity index (χ2n) is 13.9. The molecule has 3 aliphatic carbocycles. The molecule has 0 amide bonds. The molecule has 1 aromatic heterocycles. The molecule has 0 N–H and O–H groups in total. The van der Waals surface area contributed by atoms with Crippen LogP contribution >= 0.6 is 0 Å². The van der Waals surface area contributed by atoms with Crippen LogP contribution in [0, 0.1) is 23.7 Å². The Bertz CT molecular complexity index is 718. The molecule has 0 unspecified atom stereocenters. The van der Waals surface area contributed by atoms with Crippen molar-refractivity contribution in [3.8, 4) is 0 Å². The Morgan fingerprint density at radius 1 is 0.500 bits per heavy atom. The van der Waals surface area contributed by atoms with Gasteiger partial charge in [0.05, 0.1) is 0 Å². The zero-order valence-corrected chi connectivity index (χ0v) is 25.5. The highest BCUT2D eigenvalue weighted by Gasteiger charge is 2.31. The standard InChI is InChI=1S/C36H62N2/c1-3-5-7-8-9-10-11-12-14-30-15-19-31(20-16-30)32-23-25-33(26-24-32)35-27-37-36(38-28-35)34-21-17-29(18-22-34)13-6-4-2/h27-34H,3-26H2,1-2H3. The van der Waals surface area contributed by atoms with Crippen LogP contribution in [0.1, 0.15) is 191 Å². The van der Waals surface area contributed by atoms with E-state index in [2.05, 4.69) is 26.2 Å². The first-order valence-electron chi connectivity index (χ1n) is 17.6. The molecule has 2 heteroatoms. The molecule has 3 saturated carbocycles. The molecule has 0 saturated heterocycles. The van der Waals surface area contributed by atoms with Crippen molar-refractivity contribution in [3.63, 3.8) is 0 Å². The van der Waals surface area contributed by atoms with Gasteiger partial charge in [0.1, 0.15) is 5.82 Å². The van der Waals surface area contributed by atoms with Gasteiger partial charge in [-0.15, -0.1) is 0 Å². The molecule has 0 radical (unpaired) electrons. The van der Waals surface area contributed by atoms with Crippen molar-refractivity contribution in [3.05, 3.63) is 23.8 Å². The first kappa shape index (κ1) is 30.0. The lowest BCUT2D eigenvalue weighted by Gasteiger charge is -2.38. The van der Waals surface area contributed by atoms with Gasteiger partial charge in [0.15, 0.2) is 0 Å². The highest BCUT2D eigenvalue weighted by atomic mass is 14.9. The number of aromatic nitrogens is 2. The lowest BCUT2D eigenvalue weighted by Crippen LogP contribution is -2.25. The summed E-state index contributed by atoms with van der Waals surface area (Å²) in [6.45, 7) is 4.63. The summed E-state index contributed by atoms with van der Waals surface area (Å²) in [6, 6.07) is 0. The summed E-state index contributed by atoms with van der Waals surface area (Å²) < 4.78 is 0. The van der Waals surface area contributed by atoms with E-state index in [1.165, 1.54) is 160 Å². The average Bonchev–Trinajstić information content (AvgIpc) is 2.98. The third-order valence-electron chi connectivity index (χ3n) is 11.1. The van der Waals surface area contributed by atoms with Crippen LogP contribution in [0.5, 0.6) is 0 Å². The molecule has 1 heterocycles. The SMILES string of the molecule is CCCCCCCCCCC1CCC(C2CCC(c3cnc(C4CCC(CCCC)CC4)nc3)CC2)CC1. The zero-order valence-electron chi connectivity index (χ0n) is 25.5. The topological polar surface area (TPSA) is 25.8 Å². The number of hydrogen-bond acceptors (Lipinski definition) is 2. The van der Waals surface area contributed by atoms with E-state index in [-0.39, 0.29) is 0 Å². The quantitative estimate of drug-likeness (QED) is 0.214. The van der Waals surface area contributed by atoms with E-state index in [1.54, 1.807) is 0 Å². The van der Waals surface area contributed by atoms with Gasteiger partial charge in [-0.3, -0.25) is 0 Å². The lowest BCUT2D eigenvalue weighted by atomic mass is 9.68. The Hall–Kier alpha value is -0.920. The first-order valence-corrected chi connectivity index (χ1v) is 17.6. The molecule has 3 aliphatic rings. The van der Waals surface area contributed by atoms with Gasteiger partial charge >= 0.3 is 0 Å². The Balaban J connectivity index is 1.08. The Kier molecular flexibility index (Phi) is 13.5. The minimum atomic E-state index is 0.614. The molecule has 38 heavy (non-hydrogen) atoms. The van der Waals surface area contributed by atoms with Gasteiger partial charge in [-0.1, -0.05) is 104 Å². The van der Waals surface area contributed by atoms with Crippen molar-refractivity contribution < 1.29 is 0 Å². The van der Waals surface area contributed by atoms with Crippen molar-refractivity contribution in [2.75, 3.05) is 0 Å². The van der Waals surface area contributed by atoms with Crippen molar-refractivity contribution in [2.24, 2.45) is 23.7 Å². The van der Waals surface area contributed by atoms with Gasteiger partial charge < -0.3 is 0 Å². The van der Waals surface area contributed by atoms with E-state index in [9.17, 15) is 0 Å². The van der Waals surface area contributed by atoms with Gasteiger partial charge in [0, 0.05) is 18.3 Å². The summed E-state index contributed by atoms with van der Waals surface area (Å²) in [5.41, 5.74) is 1.43. The lowest BCUT2D eigenvalue weighted by molar-refractivity contribution is 0.155. The predicted octanol–water partition coefficient (Wildman–Crippen LogP) is 11.6. The van der Waals surface area contributed by atoms with E-state index in [0.717, 1.165) is 29.5 Å². The second kappa shape index (κ2) is 17.0. The largest absolute Gasteiger partial charge is 0.241 e. The van der Waals surface area contributed by atoms with E-state index in [0.29, 0.717) is 11.8 Å². The summed E-state index contributed by atoms with van der Waals surface area (Å²) in [6.07, 6.45) is 38.9. The van der Waals surface area contributed by atoms with E-state index >= 15 is 0 Å². The first-order chi connectivity index (χ1) is 18.8. The molecular weight excluding hydrogens is 460 g/mol. The van der Waals surface area contributed by atoms with Crippen LogP contribution in [-0.2, 0) is 0 Å². The molecule has 0 bridgehead atoms. The van der Waals surface area contributed by atoms with Gasteiger partial charge in [-0.25, -0.2) is 9.97 Å². The van der Waals surface area contributed by atoms with E-state index in [1.807, 2.05) is 0 Å². The maximum absolute atomic E-state index is 4.92. The van der Waals surface area contributed by atoms with E-state index in [4.69, 9.17) is 9.97 Å². The molecule has 3 fully saturated rings. The number of nitrogens with zero attached hydrogens (tertiary/aromatic N) is 2. The van der Waals surface area contributed by atoms with Gasteiger partial charge in [-0.2, -0.15) is 0 Å². The number of hydrogen-bond donors (Lipinski definition) is 0. The van der Waals surface area contributed by atoms with Crippen LogP contribution in [0.15, 0.2) is 12.4 Å². The minimum absolute atomic E-state index is 0.614. The summed E-state index contributed by atoms with van der Waals surface area (Å²) >= 11 is 0. The van der Waals surface area contributed by atoms with Crippen LogP contribution in [0.3, 0.4) is 0 Å². The Labute approximate surface area is 237 Å². The second-order valence-corrected chi connectivity index (χ2v) is 13.9. The molecule has 0 spiro atoms. The zero-order chi connectivity index (χ0) is 26.4. The van der Waals surface area contributed by atoms with Gasteiger partial charge in [0.2, 0.25) is 0 Å². The molecule has 4 rings (SSSR count). The van der Waals surface area contributed by atoms with Crippen molar-refractivity contribution in [1.29, 1.82) is 0 Å². The molecule has 2 nitrogen and oxygen atoms in total. The van der Waals surface area contributed by atoms with Crippen LogP contribution in [0.25, 0.3) is 0 Å². The third kappa shape index (κ3) is 9.62. The van der Waals surface area contributed by atoms with Crippen LogP contribution in [-0.4, -0.2) is 9.97 Å². The number of rotatable bonds is 15. The molecule has 0 aliphatic heterocycles. The molecule has 216 valence electrons. The summed E-state index contributed by atoms with van der Waals surface area (Å²) in [5.74, 6) is 6.50. The highest BCUT2D eigenvalue weighted by molar-refractivity contribution is 5.14. The minimum Gasteiger partial charge on any atom is -0.241 e. The normalized spacial score (nSPS) is 30.4. The smallest absolute Gasteiger partial charge is 0.131 e. The molecule has 0 atom stereocenters. The summed E-state index contributed by atoms with van der Waals surface area (Å²) in [5, 5.41) is 0. The van der Waals surface area contributed by atoms with Crippen molar-refractivity contribution in [2.45, 2.75) is 180 Å². The fraction of sp³-hybridized carbons (Fsp3) is 0.889. The Morgan fingerprint density at radius 2 is 0.947 bits per heavy atom. The maximum atomic E-state index is 4.92. The Morgan fingerprint density at radius 3 is 1.53 bits per heavy atom. The van der Waals surface area contributed by atoms with Crippen molar-refractivity contribution >= 4 is 0 Å². The molecule has 1 aromatic rings. The van der Waals surface area contributed by atoms with Gasteiger partial charge in [-0.05, 0) is 99.4 Å². The van der Waals surface area contributed by atoms with E-state index < -0.39 is 0 Å². The highest BCUT2D eigenvalue weighted by Crippen LogP contribution is 2.44. The van der Waals surface area contributed by atoms with Crippen LogP contribution in [0.2, 0.25) is 0 Å². The number of unbranched alkanes of at least 4 members (excludes halogenated alkanes) is 8. The monoisotopic (exact) mass is 522 g/mol. The fourth-order valence-corrected chi connectivity index (χ4v) is 8.41. The molecular formula is C36H62N2. The molecule has 0 aromatic carbocycles. The van der Waals surface area contributed by atoms with Crippen LogP contribution < -0.4 is 0 Å².